The highest BCUT2D eigenvalue weighted by atomic mass is 79.9. The summed E-state index contributed by atoms with van der Waals surface area (Å²) in [6, 6.07) is 7.89. The van der Waals surface area contributed by atoms with Crippen molar-refractivity contribution in [1.29, 1.82) is 5.26 Å². The van der Waals surface area contributed by atoms with Gasteiger partial charge in [0.05, 0.1) is 16.9 Å². The zero-order valence-electron chi connectivity index (χ0n) is 9.78. The molecule has 1 heterocycles. The van der Waals surface area contributed by atoms with Gasteiger partial charge < -0.3 is 10.0 Å². The Labute approximate surface area is 110 Å². The van der Waals surface area contributed by atoms with E-state index >= 15 is 0 Å². The number of benzene rings is 1. The highest BCUT2D eigenvalue weighted by molar-refractivity contribution is 9.10. The lowest BCUT2D eigenvalue weighted by Gasteiger charge is -2.38. The molecule has 0 aliphatic carbocycles. The zero-order valence-corrected chi connectivity index (χ0v) is 11.4. The molecule has 90 valence electrons. The molecule has 17 heavy (non-hydrogen) atoms. The molecule has 1 N–H and O–H groups in total. The SMILES string of the molecule is CC1(O)CCCN(c2ccc(Br)cc2C#N)C1. The van der Waals surface area contributed by atoms with Crippen LogP contribution in [-0.4, -0.2) is 23.8 Å². The average Bonchev–Trinajstić information content (AvgIpc) is 2.27. The van der Waals surface area contributed by atoms with Crippen molar-refractivity contribution in [2.75, 3.05) is 18.0 Å². The first-order chi connectivity index (χ1) is 8.02. The first-order valence-corrected chi connectivity index (χ1v) is 6.48. The first kappa shape index (κ1) is 12.4. The molecule has 4 heteroatoms. The third-order valence-electron chi connectivity index (χ3n) is 3.09. The Bertz CT molecular complexity index is 465. The number of aliphatic hydroxyl groups is 1. The third-order valence-corrected chi connectivity index (χ3v) is 3.59. The van der Waals surface area contributed by atoms with Crippen LogP contribution >= 0.6 is 15.9 Å². The van der Waals surface area contributed by atoms with Gasteiger partial charge in [-0.1, -0.05) is 15.9 Å². The minimum Gasteiger partial charge on any atom is -0.388 e. The number of anilines is 1. The quantitative estimate of drug-likeness (QED) is 0.866. The zero-order chi connectivity index (χ0) is 12.5. The van der Waals surface area contributed by atoms with E-state index in [1.54, 1.807) is 0 Å². The number of hydrogen-bond donors (Lipinski definition) is 1. The van der Waals surface area contributed by atoms with Crippen LogP contribution in [0.15, 0.2) is 22.7 Å². The molecular formula is C13H15BrN2O. The third kappa shape index (κ3) is 2.80. The molecule has 1 atom stereocenters. The first-order valence-electron chi connectivity index (χ1n) is 5.69. The van der Waals surface area contributed by atoms with Crippen molar-refractivity contribution in [1.82, 2.24) is 0 Å². The van der Waals surface area contributed by atoms with Crippen LogP contribution in [0.2, 0.25) is 0 Å². The molecule has 0 bridgehead atoms. The molecular weight excluding hydrogens is 280 g/mol. The fourth-order valence-corrected chi connectivity index (χ4v) is 2.66. The van der Waals surface area contributed by atoms with Gasteiger partial charge in [-0.15, -0.1) is 0 Å². The van der Waals surface area contributed by atoms with Crippen LogP contribution in [0.25, 0.3) is 0 Å². The Kier molecular flexibility index (Phi) is 3.41. The van der Waals surface area contributed by atoms with Crippen LogP contribution in [0.3, 0.4) is 0 Å². The van der Waals surface area contributed by atoms with Crippen molar-refractivity contribution in [3.8, 4) is 6.07 Å². The highest BCUT2D eigenvalue weighted by Crippen LogP contribution is 2.29. The van der Waals surface area contributed by atoms with Crippen LogP contribution < -0.4 is 4.90 Å². The summed E-state index contributed by atoms with van der Waals surface area (Å²) in [6.07, 6.45) is 1.77. The lowest BCUT2D eigenvalue weighted by atomic mass is 9.94. The fraction of sp³-hybridized carbons (Fsp3) is 0.462. The molecule has 0 radical (unpaired) electrons. The Balaban J connectivity index is 2.31. The van der Waals surface area contributed by atoms with Crippen molar-refractivity contribution >= 4 is 21.6 Å². The minimum atomic E-state index is -0.655. The maximum absolute atomic E-state index is 10.1. The molecule has 1 saturated heterocycles. The van der Waals surface area contributed by atoms with Gasteiger partial charge in [-0.2, -0.15) is 5.26 Å². The molecule has 1 unspecified atom stereocenters. The van der Waals surface area contributed by atoms with E-state index in [9.17, 15) is 5.11 Å². The van der Waals surface area contributed by atoms with E-state index in [0.29, 0.717) is 12.1 Å². The molecule has 0 amide bonds. The van der Waals surface area contributed by atoms with E-state index in [1.165, 1.54) is 0 Å². The average molecular weight is 295 g/mol. The molecule has 1 aromatic carbocycles. The van der Waals surface area contributed by atoms with Gasteiger partial charge in [-0.3, -0.25) is 0 Å². The number of nitrogens with zero attached hydrogens (tertiary/aromatic N) is 2. The van der Waals surface area contributed by atoms with Gasteiger partial charge in [0.1, 0.15) is 6.07 Å². The molecule has 1 fully saturated rings. The summed E-state index contributed by atoms with van der Waals surface area (Å²) in [6.45, 7) is 3.33. The summed E-state index contributed by atoms with van der Waals surface area (Å²) in [5.41, 5.74) is 0.908. The number of rotatable bonds is 1. The van der Waals surface area contributed by atoms with Gasteiger partial charge in [0.2, 0.25) is 0 Å². The normalized spacial score (nSPS) is 24.5. The number of piperidine rings is 1. The van der Waals surface area contributed by atoms with Gasteiger partial charge in [-0.25, -0.2) is 0 Å². The second kappa shape index (κ2) is 4.67. The Morgan fingerprint density at radius 1 is 1.53 bits per heavy atom. The molecule has 3 nitrogen and oxygen atoms in total. The maximum atomic E-state index is 10.1. The Hall–Kier alpha value is -1.05. The van der Waals surface area contributed by atoms with E-state index < -0.39 is 5.60 Å². The molecule has 0 saturated carbocycles. The number of hydrogen-bond acceptors (Lipinski definition) is 3. The van der Waals surface area contributed by atoms with Gasteiger partial charge in [-0.05, 0) is 38.0 Å². The van der Waals surface area contributed by atoms with Gasteiger partial charge in [0.25, 0.3) is 0 Å². The predicted molar refractivity (Wildman–Crippen MR) is 70.9 cm³/mol. The summed E-state index contributed by atoms with van der Waals surface area (Å²) in [5, 5.41) is 19.2. The largest absolute Gasteiger partial charge is 0.388 e. The summed E-state index contributed by atoms with van der Waals surface area (Å²) in [7, 11) is 0. The van der Waals surface area contributed by atoms with Gasteiger partial charge in [0.15, 0.2) is 0 Å². The van der Waals surface area contributed by atoms with Crippen LogP contribution in [0.5, 0.6) is 0 Å². The molecule has 0 aromatic heterocycles. The van der Waals surface area contributed by atoms with Crippen molar-refractivity contribution in [2.45, 2.75) is 25.4 Å². The lowest BCUT2D eigenvalue weighted by Crippen LogP contribution is -2.46. The van der Waals surface area contributed by atoms with E-state index in [-0.39, 0.29) is 0 Å². The van der Waals surface area contributed by atoms with Gasteiger partial charge in [0, 0.05) is 17.6 Å². The van der Waals surface area contributed by atoms with Crippen LogP contribution in [0, 0.1) is 11.3 Å². The smallest absolute Gasteiger partial charge is 0.101 e. The van der Waals surface area contributed by atoms with Crippen LogP contribution in [0.4, 0.5) is 5.69 Å². The molecule has 2 rings (SSSR count). The van der Waals surface area contributed by atoms with Crippen molar-refractivity contribution in [2.24, 2.45) is 0 Å². The van der Waals surface area contributed by atoms with Crippen LogP contribution in [-0.2, 0) is 0 Å². The number of β-amino-alcohol motifs (C(OH)–C–C–N with tert-alkyl or cyclic N) is 1. The minimum absolute atomic E-state index is 0.587. The molecule has 1 aliphatic rings. The fourth-order valence-electron chi connectivity index (χ4n) is 2.30. The van der Waals surface area contributed by atoms with E-state index in [0.717, 1.165) is 29.5 Å². The molecule has 0 spiro atoms. The maximum Gasteiger partial charge on any atom is 0.101 e. The summed E-state index contributed by atoms with van der Waals surface area (Å²) in [4.78, 5) is 2.09. The summed E-state index contributed by atoms with van der Waals surface area (Å²) >= 11 is 3.36. The number of nitriles is 1. The standard InChI is InChI=1S/C13H15BrN2O/c1-13(17)5-2-6-16(9-13)12-4-3-11(14)7-10(12)8-15/h3-4,7,17H,2,5-6,9H2,1H3. The molecule has 1 aromatic rings. The van der Waals surface area contributed by atoms with E-state index in [1.807, 2.05) is 25.1 Å². The van der Waals surface area contributed by atoms with Crippen molar-refractivity contribution < 1.29 is 5.11 Å². The lowest BCUT2D eigenvalue weighted by molar-refractivity contribution is 0.0449. The van der Waals surface area contributed by atoms with Crippen molar-refractivity contribution in [3.05, 3.63) is 28.2 Å². The van der Waals surface area contributed by atoms with Crippen LogP contribution in [0.1, 0.15) is 25.3 Å². The molecule has 1 aliphatic heterocycles. The Morgan fingerprint density at radius 2 is 2.29 bits per heavy atom. The summed E-state index contributed by atoms with van der Waals surface area (Å²) in [5.74, 6) is 0. The second-order valence-corrected chi connectivity index (χ2v) is 5.71. The summed E-state index contributed by atoms with van der Waals surface area (Å²) < 4.78 is 0.904. The number of halogens is 1. The second-order valence-electron chi connectivity index (χ2n) is 4.80. The monoisotopic (exact) mass is 294 g/mol. The topological polar surface area (TPSA) is 47.3 Å². The van der Waals surface area contributed by atoms with E-state index in [2.05, 4.69) is 26.9 Å². The highest BCUT2D eigenvalue weighted by Gasteiger charge is 2.29. The predicted octanol–water partition coefficient (Wildman–Crippen LogP) is 2.67. The van der Waals surface area contributed by atoms with E-state index in [4.69, 9.17) is 5.26 Å². The van der Waals surface area contributed by atoms with Crippen molar-refractivity contribution in [3.63, 3.8) is 0 Å². The Morgan fingerprint density at radius 3 is 2.94 bits per heavy atom. The van der Waals surface area contributed by atoms with Gasteiger partial charge >= 0.3 is 0 Å².